The lowest BCUT2D eigenvalue weighted by atomic mass is 10.3. The molecule has 0 spiro atoms. The number of nitrogens with one attached hydrogen (secondary N) is 1. The highest BCUT2D eigenvalue weighted by Crippen LogP contribution is 2.23. The minimum absolute atomic E-state index is 0.164. The molecular formula is C22H18F2N4O2S. The average molecular weight is 440 g/mol. The molecule has 0 aliphatic carbocycles. The summed E-state index contributed by atoms with van der Waals surface area (Å²) in [5.41, 5.74) is 1.90. The number of amides is 1. The highest BCUT2D eigenvalue weighted by Gasteiger charge is 2.18. The second kappa shape index (κ2) is 8.65. The Balaban J connectivity index is 1.49. The van der Waals surface area contributed by atoms with E-state index in [1.807, 2.05) is 0 Å². The lowest BCUT2D eigenvalue weighted by Gasteiger charge is -2.08. The van der Waals surface area contributed by atoms with Crippen molar-refractivity contribution in [3.8, 4) is 11.4 Å². The van der Waals surface area contributed by atoms with Gasteiger partial charge in [0, 0.05) is 6.07 Å². The molecule has 0 fully saturated rings. The van der Waals surface area contributed by atoms with Crippen LogP contribution in [0, 0.1) is 25.5 Å². The largest absolute Gasteiger partial charge is 0.486 e. The van der Waals surface area contributed by atoms with Gasteiger partial charge in [-0.1, -0.05) is 0 Å². The molecule has 31 heavy (non-hydrogen) atoms. The zero-order valence-corrected chi connectivity index (χ0v) is 17.5. The van der Waals surface area contributed by atoms with Gasteiger partial charge in [-0.3, -0.25) is 4.79 Å². The first kappa shape index (κ1) is 20.7. The summed E-state index contributed by atoms with van der Waals surface area (Å²) in [6, 6.07) is 13.2. The number of carbonyl (C=O) groups excluding carboxylic acids is 1. The van der Waals surface area contributed by atoms with E-state index < -0.39 is 0 Å². The molecule has 0 aliphatic heterocycles. The van der Waals surface area contributed by atoms with Crippen molar-refractivity contribution in [1.82, 2.24) is 14.8 Å². The third-order valence-corrected chi connectivity index (χ3v) is 5.50. The van der Waals surface area contributed by atoms with Gasteiger partial charge in [0.1, 0.15) is 39.7 Å². The number of halogens is 2. The molecule has 0 bridgehead atoms. The van der Waals surface area contributed by atoms with Crippen molar-refractivity contribution in [2.75, 3.05) is 5.32 Å². The van der Waals surface area contributed by atoms with Gasteiger partial charge in [0.15, 0.2) is 0 Å². The van der Waals surface area contributed by atoms with E-state index in [9.17, 15) is 13.6 Å². The van der Waals surface area contributed by atoms with Crippen molar-refractivity contribution in [2.24, 2.45) is 0 Å². The molecule has 0 saturated carbocycles. The normalized spacial score (nSPS) is 10.8. The number of ether oxygens (including phenoxy) is 1. The van der Waals surface area contributed by atoms with Gasteiger partial charge >= 0.3 is 0 Å². The minimum atomic E-state index is -0.353. The van der Waals surface area contributed by atoms with E-state index in [2.05, 4.69) is 15.4 Å². The molecule has 2 aromatic carbocycles. The van der Waals surface area contributed by atoms with Crippen LogP contribution in [0.25, 0.3) is 5.69 Å². The van der Waals surface area contributed by atoms with Crippen LogP contribution in [0.15, 0.2) is 54.6 Å². The third-order valence-electron chi connectivity index (χ3n) is 4.37. The number of nitrogens with zero attached hydrogens (tertiary/aromatic N) is 3. The van der Waals surface area contributed by atoms with E-state index in [1.54, 1.807) is 36.7 Å². The summed E-state index contributed by atoms with van der Waals surface area (Å²) in [5, 5.41) is 7.85. The molecular weight excluding hydrogens is 422 g/mol. The Bertz CT molecular complexity index is 1220. The Morgan fingerprint density at radius 1 is 1.06 bits per heavy atom. The fraction of sp³-hybridized carbons (Fsp3) is 0.136. The number of aryl methyl sites for hydroxylation is 2. The summed E-state index contributed by atoms with van der Waals surface area (Å²) in [6.45, 7) is 3.71. The van der Waals surface area contributed by atoms with Gasteiger partial charge in [-0.15, -0.1) is 11.3 Å². The highest BCUT2D eigenvalue weighted by molar-refractivity contribution is 7.13. The van der Waals surface area contributed by atoms with Gasteiger partial charge in [0.25, 0.3) is 5.91 Å². The SMILES string of the molecule is Cc1cc(NC(=O)c2sc(COc3ccc(F)cc3)nc2C)n(-c2ccc(F)cc2)n1. The van der Waals surface area contributed by atoms with Gasteiger partial charge < -0.3 is 10.1 Å². The van der Waals surface area contributed by atoms with E-state index >= 15 is 0 Å². The van der Waals surface area contributed by atoms with E-state index in [1.165, 1.54) is 47.7 Å². The zero-order chi connectivity index (χ0) is 22.0. The molecule has 0 radical (unpaired) electrons. The number of anilines is 1. The predicted octanol–water partition coefficient (Wildman–Crippen LogP) is 5.06. The van der Waals surface area contributed by atoms with Crippen molar-refractivity contribution in [1.29, 1.82) is 0 Å². The van der Waals surface area contributed by atoms with Crippen LogP contribution in [-0.2, 0) is 6.61 Å². The summed E-state index contributed by atoms with van der Waals surface area (Å²) in [4.78, 5) is 17.7. The maximum Gasteiger partial charge on any atom is 0.268 e. The standard InChI is InChI=1S/C22H18F2N4O2S/c1-13-11-19(28(27-13)17-7-3-15(23)4-8-17)26-22(29)21-14(2)25-20(31-21)12-30-18-9-5-16(24)6-10-18/h3-11H,12H2,1-2H3,(H,26,29). The molecule has 0 aliphatic rings. The monoisotopic (exact) mass is 440 g/mol. The van der Waals surface area contributed by atoms with Gasteiger partial charge in [-0.05, 0) is 62.4 Å². The van der Waals surface area contributed by atoms with Crippen LogP contribution in [0.4, 0.5) is 14.6 Å². The van der Waals surface area contributed by atoms with Crippen LogP contribution in [0.2, 0.25) is 0 Å². The fourth-order valence-corrected chi connectivity index (χ4v) is 3.81. The maximum absolute atomic E-state index is 13.2. The summed E-state index contributed by atoms with van der Waals surface area (Å²) in [6.07, 6.45) is 0. The predicted molar refractivity (Wildman–Crippen MR) is 114 cm³/mol. The molecule has 4 rings (SSSR count). The molecule has 1 N–H and O–H groups in total. The number of thiazole rings is 1. The Morgan fingerprint density at radius 2 is 1.71 bits per heavy atom. The highest BCUT2D eigenvalue weighted by atomic mass is 32.1. The Labute approximate surface area is 181 Å². The first-order valence-electron chi connectivity index (χ1n) is 9.37. The number of hydrogen-bond donors (Lipinski definition) is 1. The van der Waals surface area contributed by atoms with E-state index in [4.69, 9.17) is 4.74 Å². The fourth-order valence-electron chi connectivity index (χ4n) is 2.94. The lowest BCUT2D eigenvalue weighted by Crippen LogP contribution is -2.15. The number of aromatic nitrogens is 3. The van der Waals surface area contributed by atoms with Crippen molar-refractivity contribution in [3.63, 3.8) is 0 Å². The van der Waals surface area contributed by atoms with Crippen LogP contribution in [0.1, 0.15) is 26.1 Å². The summed E-state index contributed by atoms with van der Waals surface area (Å²) < 4.78 is 33.4. The average Bonchev–Trinajstić information content (AvgIpc) is 3.30. The van der Waals surface area contributed by atoms with Gasteiger partial charge in [0.05, 0.1) is 17.1 Å². The summed E-state index contributed by atoms with van der Waals surface area (Å²) >= 11 is 1.22. The van der Waals surface area contributed by atoms with Gasteiger partial charge in [-0.2, -0.15) is 5.10 Å². The molecule has 0 unspecified atom stereocenters. The molecule has 158 valence electrons. The number of benzene rings is 2. The molecule has 4 aromatic rings. The first-order chi connectivity index (χ1) is 14.9. The van der Waals surface area contributed by atoms with Gasteiger partial charge in [0.2, 0.25) is 0 Å². The second-order valence-electron chi connectivity index (χ2n) is 6.78. The molecule has 0 atom stereocenters. The molecule has 6 nitrogen and oxygen atoms in total. The van der Waals surface area contributed by atoms with Crippen LogP contribution in [-0.4, -0.2) is 20.7 Å². The summed E-state index contributed by atoms with van der Waals surface area (Å²) in [5.74, 6) is -0.0448. The number of carbonyl (C=O) groups is 1. The Hall–Kier alpha value is -3.59. The third kappa shape index (κ3) is 4.77. The smallest absolute Gasteiger partial charge is 0.268 e. The molecule has 1 amide bonds. The first-order valence-corrected chi connectivity index (χ1v) is 10.2. The lowest BCUT2D eigenvalue weighted by molar-refractivity contribution is 0.102. The van der Waals surface area contributed by atoms with Crippen LogP contribution >= 0.6 is 11.3 Å². The molecule has 9 heteroatoms. The molecule has 0 saturated heterocycles. The van der Waals surface area contributed by atoms with E-state index in [-0.39, 0.29) is 24.1 Å². The molecule has 2 heterocycles. The van der Waals surface area contributed by atoms with Crippen LogP contribution < -0.4 is 10.1 Å². The molecule has 2 aromatic heterocycles. The van der Waals surface area contributed by atoms with Crippen molar-refractivity contribution in [3.05, 3.63) is 87.5 Å². The van der Waals surface area contributed by atoms with Gasteiger partial charge in [-0.25, -0.2) is 18.4 Å². The quantitative estimate of drug-likeness (QED) is 0.455. The van der Waals surface area contributed by atoms with Crippen molar-refractivity contribution < 1.29 is 18.3 Å². The Kier molecular flexibility index (Phi) is 5.77. The van der Waals surface area contributed by atoms with Crippen LogP contribution in [0.3, 0.4) is 0 Å². The Morgan fingerprint density at radius 3 is 2.39 bits per heavy atom. The topological polar surface area (TPSA) is 69.0 Å². The maximum atomic E-state index is 13.2. The van der Waals surface area contributed by atoms with Crippen molar-refractivity contribution >= 4 is 23.1 Å². The van der Waals surface area contributed by atoms with Crippen LogP contribution in [0.5, 0.6) is 5.75 Å². The second-order valence-corrected chi connectivity index (χ2v) is 7.86. The minimum Gasteiger partial charge on any atom is -0.486 e. The summed E-state index contributed by atoms with van der Waals surface area (Å²) in [7, 11) is 0. The number of hydrogen-bond acceptors (Lipinski definition) is 5. The zero-order valence-electron chi connectivity index (χ0n) is 16.7. The van der Waals surface area contributed by atoms with Crippen molar-refractivity contribution in [2.45, 2.75) is 20.5 Å². The van der Waals surface area contributed by atoms with E-state index in [0.717, 1.165) is 0 Å². The van der Waals surface area contributed by atoms with E-state index in [0.29, 0.717) is 38.5 Å². The number of rotatable bonds is 6.